The number of carboxylic acids is 1. The largest absolute Gasteiger partial charge is 0.481 e. The van der Waals surface area contributed by atoms with Crippen LogP contribution in [0.3, 0.4) is 0 Å². The maximum Gasteiger partial charge on any atom is 0.328 e. The zero-order chi connectivity index (χ0) is 25.2. The molecule has 1 saturated carbocycles. The molecule has 0 radical (unpaired) electrons. The van der Waals surface area contributed by atoms with Crippen molar-refractivity contribution in [3.8, 4) is 5.88 Å². The van der Waals surface area contributed by atoms with Crippen molar-refractivity contribution in [2.24, 2.45) is 5.92 Å². The lowest BCUT2D eigenvalue weighted by molar-refractivity contribution is -0.131. The van der Waals surface area contributed by atoms with E-state index < -0.39 is 11.9 Å². The van der Waals surface area contributed by atoms with Gasteiger partial charge in [0.1, 0.15) is 0 Å². The van der Waals surface area contributed by atoms with Gasteiger partial charge in [-0.3, -0.25) is 5.10 Å². The van der Waals surface area contributed by atoms with Gasteiger partial charge >= 0.3 is 5.97 Å². The summed E-state index contributed by atoms with van der Waals surface area (Å²) in [6.45, 7) is 2.04. The Morgan fingerprint density at radius 2 is 1.94 bits per heavy atom. The number of methoxy groups -OCH3 is 1. The number of aromatic amines is 1. The SMILES string of the molecule is COc1cc(C)c(/C(=C(\c2ccc(/C=C/C(=O)O)cc2)c2cccc3[nH]nc(F)c23)C2CCC2)cn1. The van der Waals surface area contributed by atoms with Crippen molar-refractivity contribution in [1.29, 1.82) is 0 Å². The topological polar surface area (TPSA) is 88.1 Å². The number of allylic oxidation sites excluding steroid dienone is 1. The van der Waals surface area contributed by atoms with Gasteiger partial charge in [0.05, 0.1) is 18.0 Å². The summed E-state index contributed by atoms with van der Waals surface area (Å²) in [7, 11) is 1.60. The Kier molecular flexibility index (Phi) is 6.38. The standard InChI is InChI=1S/C29H26FN3O3/c1-17-15-24(36-2)31-16-22(17)27(19-5-3-6-19)26(20-12-9-18(10-13-20)11-14-25(34)35)21-7-4-8-23-28(21)29(30)33-32-23/h4,7-16,19H,3,5-6H2,1-2H3,(H,32,33)(H,34,35)/b14-11+,27-26+. The van der Waals surface area contributed by atoms with Crippen LogP contribution in [0.25, 0.3) is 28.1 Å². The summed E-state index contributed by atoms with van der Waals surface area (Å²) in [5, 5.41) is 16.0. The van der Waals surface area contributed by atoms with E-state index in [0.29, 0.717) is 22.7 Å². The highest BCUT2D eigenvalue weighted by molar-refractivity contribution is 6.06. The van der Waals surface area contributed by atoms with Gasteiger partial charge in [-0.2, -0.15) is 4.39 Å². The molecule has 6 nitrogen and oxygen atoms in total. The van der Waals surface area contributed by atoms with Crippen LogP contribution in [0.15, 0.2) is 60.8 Å². The third-order valence-corrected chi connectivity index (χ3v) is 6.80. The fourth-order valence-electron chi connectivity index (χ4n) is 4.81. The van der Waals surface area contributed by atoms with Crippen LogP contribution in [0.1, 0.15) is 47.1 Å². The molecule has 182 valence electrons. The summed E-state index contributed by atoms with van der Waals surface area (Å²) in [5.41, 5.74) is 7.14. The van der Waals surface area contributed by atoms with Gasteiger partial charge in [0, 0.05) is 23.9 Å². The van der Waals surface area contributed by atoms with Crippen molar-refractivity contribution in [3.63, 3.8) is 0 Å². The first-order valence-electron chi connectivity index (χ1n) is 11.9. The highest BCUT2D eigenvalue weighted by Crippen LogP contribution is 2.47. The van der Waals surface area contributed by atoms with Crippen molar-refractivity contribution >= 4 is 34.1 Å². The number of hydrogen-bond donors (Lipinski definition) is 2. The second kappa shape index (κ2) is 9.77. The van der Waals surface area contributed by atoms with Crippen LogP contribution < -0.4 is 4.74 Å². The molecule has 7 heteroatoms. The first-order valence-corrected chi connectivity index (χ1v) is 11.9. The molecule has 0 amide bonds. The molecule has 1 aliphatic rings. The first-order chi connectivity index (χ1) is 17.5. The summed E-state index contributed by atoms with van der Waals surface area (Å²) in [6, 6.07) is 15.2. The number of benzene rings is 2. The molecule has 0 aliphatic heterocycles. The van der Waals surface area contributed by atoms with Gasteiger partial charge in [-0.25, -0.2) is 9.78 Å². The molecule has 2 heterocycles. The zero-order valence-electron chi connectivity index (χ0n) is 20.1. The summed E-state index contributed by atoms with van der Waals surface area (Å²) in [6.07, 6.45) is 7.71. The van der Waals surface area contributed by atoms with E-state index in [-0.39, 0.29) is 0 Å². The highest BCUT2D eigenvalue weighted by Gasteiger charge is 2.29. The summed E-state index contributed by atoms with van der Waals surface area (Å²) in [4.78, 5) is 15.4. The van der Waals surface area contributed by atoms with Gasteiger partial charge in [-0.1, -0.05) is 42.8 Å². The van der Waals surface area contributed by atoms with Crippen molar-refractivity contribution in [2.45, 2.75) is 26.2 Å². The van der Waals surface area contributed by atoms with Crippen LogP contribution in [0, 0.1) is 18.8 Å². The molecule has 36 heavy (non-hydrogen) atoms. The first kappa shape index (κ1) is 23.5. The lowest BCUT2D eigenvalue weighted by Gasteiger charge is -2.32. The quantitative estimate of drug-likeness (QED) is 0.303. The average molecular weight is 484 g/mol. The Bertz CT molecular complexity index is 1500. The molecule has 0 bridgehead atoms. The lowest BCUT2D eigenvalue weighted by Crippen LogP contribution is -2.16. The molecule has 0 unspecified atom stereocenters. The average Bonchev–Trinajstić information content (AvgIpc) is 3.23. The van der Waals surface area contributed by atoms with Crippen LogP contribution in [0.4, 0.5) is 4.39 Å². The minimum absolute atomic E-state index is 0.297. The molecule has 1 fully saturated rings. The number of hydrogen-bond acceptors (Lipinski definition) is 4. The van der Waals surface area contributed by atoms with Crippen molar-refractivity contribution < 1.29 is 19.0 Å². The van der Waals surface area contributed by atoms with Crippen molar-refractivity contribution in [3.05, 3.63) is 94.6 Å². The van der Waals surface area contributed by atoms with Crippen LogP contribution in [0.2, 0.25) is 0 Å². The number of nitrogens with one attached hydrogen (secondary N) is 1. The maximum atomic E-state index is 15.0. The number of fused-ring (bicyclic) bond motifs is 1. The van der Waals surface area contributed by atoms with E-state index in [2.05, 4.69) is 15.2 Å². The number of nitrogens with zero attached hydrogens (tertiary/aromatic N) is 2. The van der Waals surface area contributed by atoms with E-state index in [0.717, 1.165) is 64.3 Å². The van der Waals surface area contributed by atoms with Crippen LogP contribution in [-0.2, 0) is 4.79 Å². The zero-order valence-corrected chi connectivity index (χ0v) is 20.1. The van der Waals surface area contributed by atoms with E-state index in [1.807, 2.05) is 61.7 Å². The number of aromatic nitrogens is 3. The van der Waals surface area contributed by atoms with Gasteiger partial charge in [-0.05, 0) is 71.2 Å². The Hall–Kier alpha value is -4.26. The molecule has 4 aromatic rings. The number of aryl methyl sites for hydroxylation is 1. The van der Waals surface area contributed by atoms with Crippen molar-refractivity contribution in [1.82, 2.24) is 15.2 Å². The third-order valence-electron chi connectivity index (χ3n) is 6.80. The molecule has 0 saturated heterocycles. The van der Waals surface area contributed by atoms with Gasteiger partial charge in [-0.15, -0.1) is 5.10 Å². The molecular weight excluding hydrogens is 457 g/mol. The number of halogens is 1. The smallest absolute Gasteiger partial charge is 0.328 e. The number of carboxylic acid groups (broad SMARTS) is 1. The second-order valence-electron chi connectivity index (χ2n) is 8.99. The monoisotopic (exact) mass is 483 g/mol. The Morgan fingerprint density at radius 3 is 2.58 bits per heavy atom. The molecule has 1 aliphatic carbocycles. The number of H-pyrrole nitrogens is 1. The van der Waals surface area contributed by atoms with Gasteiger partial charge in [0.15, 0.2) is 0 Å². The molecule has 2 N–H and O–H groups in total. The Balaban J connectivity index is 1.80. The lowest BCUT2D eigenvalue weighted by atomic mass is 9.72. The van der Waals surface area contributed by atoms with Crippen LogP contribution in [-0.4, -0.2) is 33.4 Å². The summed E-state index contributed by atoms with van der Waals surface area (Å²) >= 11 is 0. The van der Waals surface area contributed by atoms with E-state index in [4.69, 9.17) is 9.84 Å². The van der Waals surface area contributed by atoms with Crippen LogP contribution >= 0.6 is 0 Å². The van der Waals surface area contributed by atoms with E-state index in [1.54, 1.807) is 13.2 Å². The predicted molar refractivity (Wildman–Crippen MR) is 138 cm³/mol. The number of ether oxygens (including phenoxy) is 1. The van der Waals surface area contributed by atoms with Gasteiger partial charge in [0.2, 0.25) is 11.8 Å². The highest BCUT2D eigenvalue weighted by atomic mass is 19.1. The van der Waals surface area contributed by atoms with E-state index in [9.17, 15) is 4.79 Å². The molecule has 0 spiro atoms. The molecule has 2 aromatic heterocycles. The third kappa shape index (κ3) is 4.40. The van der Waals surface area contributed by atoms with E-state index in [1.165, 1.54) is 0 Å². The predicted octanol–water partition coefficient (Wildman–Crippen LogP) is 6.27. The fraction of sp³-hybridized carbons (Fsp3) is 0.207. The number of carbonyl (C=O) groups is 1. The number of pyridine rings is 1. The molecular formula is C29H26FN3O3. The number of aliphatic carboxylic acids is 1. The fourth-order valence-corrected chi connectivity index (χ4v) is 4.81. The maximum absolute atomic E-state index is 15.0. The summed E-state index contributed by atoms with van der Waals surface area (Å²) in [5.74, 6) is -0.706. The Labute approximate surface area is 208 Å². The van der Waals surface area contributed by atoms with Crippen molar-refractivity contribution in [2.75, 3.05) is 7.11 Å². The minimum atomic E-state index is -1.00. The molecule has 2 aromatic carbocycles. The van der Waals surface area contributed by atoms with Crippen LogP contribution in [0.5, 0.6) is 5.88 Å². The van der Waals surface area contributed by atoms with E-state index >= 15 is 4.39 Å². The normalized spacial score (nSPS) is 14.6. The second-order valence-corrected chi connectivity index (χ2v) is 8.99. The van der Waals surface area contributed by atoms with Gasteiger partial charge < -0.3 is 9.84 Å². The minimum Gasteiger partial charge on any atom is -0.481 e. The molecule has 0 atom stereocenters. The number of rotatable bonds is 7. The Morgan fingerprint density at radius 1 is 1.17 bits per heavy atom. The summed E-state index contributed by atoms with van der Waals surface area (Å²) < 4.78 is 20.3. The van der Waals surface area contributed by atoms with Gasteiger partial charge in [0.25, 0.3) is 0 Å². The molecule has 5 rings (SSSR count).